The predicted octanol–water partition coefficient (Wildman–Crippen LogP) is 2.22. The van der Waals surface area contributed by atoms with Crippen molar-refractivity contribution in [2.75, 3.05) is 46.9 Å². The zero-order valence-corrected chi connectivity index (χ0v) is 16.4. The lowest BCUT2D eigenvalue weighted by molar-refractivity contribution is -0.133. The molecule has 27 heavy (non-hydrogen) atoms. The molecule has 6 heteroatoms. The molecule has 2 aromatic rings. The van der Waals surface area contributed by atoms with Crippen molar-refractivity contribution < 1.29 is 9.53 Å². The fourth-order valence-electron chi connectivity index (χ4n) is 3.67. The molecule has 146 valence electrons. The summed E-state index contributed by atoms with van der Waals surface area (Å²) in [5.41, 5.74) is 1.26. The average molecular weight is 370 g/mol. The maximum Gasteiger partial charge on any atom is 0.236 e. The maximum absolute atomic E-state index is 12.7. The van der Waals surface area contributed by atoms with Gasteiger partial charge in [-0.15, -0.1) is 0 Å². The molecule has 1 aliphatic rings. The number of nitrogens with zero attached hydrogens (tertiary/aromatic N) is 4. The lowest BCUT2D eigenvalue weighted by atomic mass is 9.97. The third-order valence-corrected chi connectivity index (χ3v) is 5.16. The van der Waals surface area contributed by atoms with Crippen molar-refractivity contribution in [3.63, 3.8) is 0 Å². The molecular formula is C21H30N4O2. The summed E-state index contributed by atoms with van der Waals surface area (Å²) >= 11 is 0. The number of rotatable bonds is 8. The molecule has 0 radical (unpaired) electrons. The van der Waals surface area contributed by atoms with E-state index in [9.17, 15) is 4.79 Å². The monoisotopic (exact) mass is 370 g/mol. The van der Waals surface area contributed by atoms with E-state index in [1.807, 2.05) is 35.3 Å². The quantitative estimate of drug-likeness (QED) is 0.715. The van der Waals surface area contributed by atoms with Crippen molar-refractivity contribution in [2.45, 2.75) is 25.3 Å². The van der Waals surface area contributed by atoms with Gasteiger partial charge in [-0.05, 0) is 25.5 Å². The minimum atomic E-state index is 0.194. The van der Waals surface area contributed by atoms with Crippen LogP contribution in [-0.4, -0.2) is 72.2 Å². The largest absolute Gasteiger partial charge is 0.383 e. The van der Waals surface area contributed by atoms with Gasteiger partial charge in [0.1, 0.15) is 5.82 Å². The first-order valence-electron chi connectivity index (χ1n) is 9.67. The standard InChI is InChI=1S/C21H30N4O2/c1-23(13-14-27-2)17-20(26)24-11-6-9-19(16-24)21-22-10-12-25(21)15-18-7-4-3-5-8-18/h3-5,7-8,10,12,19H,6,9,11,13-17H2,1-2H3. The number of carbonyl (C=O) groups excluding carboxylic acids is 1. The predicted molar refractivity (Wildman–Crippen MR) is 106 cm³/mol. The van der Waals surface area contributed by atoms with Gasteiger partial charge in [-0.25, -0.2) is 4.98 Å². The molecule has 0 saturated carbocycles. The topological polar surface area (TPSA) is 50.6 Å². The minimum Gasteiger partial charge on any atom is -0.383 e. The van der Waals surface area contributed by atoms with Crippen LogP contribution in [0.15, 0.2) is 42.7 Å². The molecule has 1 fully saturated rings. The van der Waals surface area contributed by atoms with Gasteiger partial charge in [0.25, 0.3) is 0 Å². The molecule has 1 amide bonds. The molecule has 0 aliphatic carbocycles. The number of likely N-dealkylation sites (tertiary alicyclic amines) is 1. The van der Waals surface area contributed by atoms with Crippen LogP contribution in [0.5, 0.6) is 0 Å². The second-order valence-corrected chi connectivity index (χ2v) is 7.31. The van der Waals surface area contributed by atoms with Crippen LogP contribution in [0.3, 0.4) is 0 Å². The van der Waals surface area contributed by atoms with Gasteiger partial charge in [0, 0.05) is 51.6 Å². The molecular weight excluding hydrogens is 340 g/mol. The molecule has 2 heterocycles. The Morgan fingerprint density at radius 1 is 1.33 bits per heavy atom. The molecule has 1 unspecified atom stereocenters. The average Bonchev–Trinajstić information content (AvgIpc) is 3.15. The SMILES string of the molecule is COCCN(C)CC(=O)N1CCCC(c2nccn2Cc2ccccc2)C1. The molecule has 0 N–H and O–H groups in total. The zero-order valence-electron chi connectivity index (χ0n) is 16.4. The Balaban J connectivity index is 1.61. The van der Waals surface area contributed by atoms with Crippen molar-refractivity contribution in [3.8, 4) is 0 Å². The number of benzene rings is 1. The van der Waals surface area contributed by atoms with Crippen LogP contribution in [0, 0.1) is 0 Å². The Kier molecular flexibility index (Phi) is 7.01. The third-order valence-electron chi connectivity index (χ3n) is 5.16. The summed E-state index contributed by atoms with van der Waals surface area (Å²) in [6.45, 7) is 4.26. The first-order chi connectivity index (χ1) is 13.2. The van der Waals surface area contributed by atoms with Gasteiger partial charge in [-0.3, -0.25) is 9.69 Å². The zero-order chi connectivity index (χ0) is 19.1. The summed E-state index contributed by atoms with van der Waals surface area (Å²) in [6.07, 6.45) is 6.02. The fourth-order valence-corrected chi connectivity index (χ4v) is 3.67. The van der Waals surface area contributed by atoms with Gasteiger partial charge in [0.05, 0.1) is 13.2 Å². The van der Waals surface area contributed by atoms with Crippen LogP contribution in [-0.2, 0) is 16.1 Å². The number of piperidine rings is 1. The van der Waals surface area contributed by atoms with Crippen molar-refractivity contribution in [2.24, 2.45) is 0 Å². The first-order valence-corrected chi connectivity index (χ1v) is 9.67. The van der Waals surface area contributed by atoms with Gasteiger partial charge in [0.2, 0.25) is 5.91 Å². The van der Waals surface area contributed by atoms with E-state index in [1.54, 1.807) is 7.11 Å². The van der Waals surface area contributed by atoms with E-state index in [2.05, 4.69) is 33.8 Å². The van der Waals surface area contributed by atoms with Crippen LogP contribution in [0.1, 0.15) is 30.1 Å². The van der Waals surface area contributed by atoms with E-state index in [0.717, 1.165) is 44.8 Å². The smallest absolute Gasteiger partial charge is 0.236 e. The molecule has 3 rings (SSSR count). The van der Waals surface area contributed by atoms with Crippen LogP contribution >= 0.6 is 0 Å². The highest BCUT2D eigenvalue weighted by atomic mass is 16.5. The number of ether oxygens (including phenoxy) is 1. The lowest BCUT2D eigenvalue weighted by Gasteiger charge is -2.33. The highest BCUT2D eigenvalue weighted by molar-refractivity contribution is 5.78. The summed E-state index contributed by atoms with van der Waals surface area (Å²) < 4.78 is 7.31. The maximum atomic E-state index is 12.7. The summed E-state index contributed by atoms with van der Waals surface area (Å²) in [7, 11) is 3.65. The van der Waals surface area contributed by atoms with E-state index in [0.29, 0.717) is 19.1 Å². The summed E-state index contributed by atoms with van der Waals surface area (Å²) in [6, 6.07) is 10.4. The Morgan fingerprint density at radius 3 is 2.93 bits per heavy atom. The Hall–Kier alpha value is -2.18. The van der Waals surface area contributed by atoms with Gasteiger partial charge in [-0.1, -0.05) is 30.3 Å². The summed E-state index contributed by atoms with van der Waals surface area (Å²) in [5.74, 6) is 1.58. The minimum absolute atomic E-state index is 0.194. The van der Waals surface area contributed by atoms with Crippen LogP contribution in [0.2, 0.25) is 0 Å². The molecule has 1 aliphatic heterocycles. The van der Waals surface area contributed by atoms with Crippen LogP contribution in [0.4, 0.5) is 0 Å². The Labute approximate surface area is 161 Å². The molecule has 6 nitrogen and oxygen atoms in total. The Bertz CT molecular complexity index is 716. The van der Waals surface area contributed by atoms with Gasteiger partial charge in [0.15, 0.2) is 0 Å². The number of methoxy groups -OCH3 is 1. The Morgan fingerprint density at radius 2 is 2.15 bits per heavy atom. The molecule has 0 bridgehead atoms. The van der Waals surface area contributed by atoms with Gasteiger partial charge in [-0.2, -0.15) is 0 Å². The van der Waals surface area contributed by atoms with Crippen LogP contribution in [0.25, 0.3) is 0 Å². The van der Waals surface area contributed by atoms with Crippen LogP contribution < -0.4 is 0 Å². The number of hydrogen-bond donors (Lipinski definition) is 0. The number of imidazole rings is 1. The molecule has 0 spiro atoms. The van der Waals surface area contributed by atoms with Gasteiger partial charge >= 0.3 is 0 Å². The number of aromatic nitrogens is 2. The van der Waals surface area contributed by atoms with Crippen molar-refractivity contribution in [3.05, 3.63) is 54.1 Å². The number of likely N-dealkylation sites (N-methyl/N-ethyl adjacent to an activating group) is 1. The highest BCUT2D eigenvalue weighted by Crippen LogP contribution is 2.26. The van der Waals surface area contributed by atoms with E-state index in [1.165, 1.54) is 5.56 Å². The van der Waals surface area contributed by atoms with Crippen molar-refractivity contribution >= 4 is 5.91 Å². The number of carbonyl (C=O) groups is 1. The second-order valence-electron chi connectivity index (χ2n) is 7.31. The normalized spacial score (nSPS) is 17.4. The second kappa shape index (κ2) is 9.67. The van der Waals surface area contributed by atoms with E-state index in [-0.39, 0.29) is 5.91 Å². The lowest BCUT2D eigenvalue weighted by Crippen LogP contribution is -2.44. The molecule has 1 aromatic heterocycles. The number of amides is 1. The number of hydrogen-bond acceptors (Lipinski definition) is 4. The van der Waals surface area contributed by atoms with Crippen molar-refractivity contribution in [1.82, 2.24) is 19.4 Å². The molecule has 1 atom stereocenters. The molecule has 1 aromatic carbocycles. The summed E-state index contributed by atoms with van der Waals surface area (Å²) in [4.78, 5) is 21.3. The first kappa shape index (κ1) is 19.6. The summed E-state index contributed by atoms with van der Waals surface area (Å²) in [5, 5.41) is 0. The highest BCUT2D eigenvalue weighted by Gasteiger charge is 2.27. The van der Waals surface area contributed by atoms with Crippen molar-refractivity contribution in [1.29, 1.82) is 0 Å². The van der Waals surface area contributed by atoms with E-state index >= 15 is 0 Å². The third kappa shape index (κ3) is 5.40. The van der Waals surface area contributed by atoms with E-state index in [4.69, 9.17) is 4.74 Å². The fraction of sp³-hybridized carbons (Fsp3) is 0.524. The molecule has 1 saturated heterocycles. The van der Waals surface area contributed by atoms with E-state index < -0.39 is 0 Å². The van der Waals surface area contributed by atoms with Gasteiger partial charge < -0.3 is 14.2 Å².